The van der Waals surface area contributed by atoms with Gasteiger partial charge in [-0.1, -0.05) is 219 Å². The monoisotopic (exact) mass is 974 g/mol. The molecule has 0 aromatic rings. The highest BCUT2D eigenvalue weighted by Crippen LogP contribution is 2.30. The number of rotatable bonds is 44. The smallest absolute Gasteiger partial charge is 0.220 e. The number of hydrogen-bond donors (Lipinski definition) is 9. The van der Waals surface area contributed by atoms with Gasteiger partial charge in [-0.15, -0.1) is 0 Å². The van der Waals surface area contributed by atoms with E-state index in [4.69, 9.17) is 18.9 Å². The van der Waals surface area contributed by atoms with Gasteiger partial charge in [0.2, 0.25) is 5.91 Å². The van der Waals surface area contributed by atoms with E-state index < -0.39 is 86.8 Å². The fourth-order valence-electron chi connectivity index (χ4n) is 9.41. The van der Waals surface area contributed by atoms with E-state index in [1.54, 1.807) is 6.08 Å². The van der Waals surface area contributed by atoms with Gasteiger partial charge in [-0.3, -0.25) is 4.79 Å². The maximum Gasteiger partial charge on any atom is 0.220 e. The Morgan fingerprint density at radius 1 is 0.515 bits per heavy atom. The second-order valence-electron chi connectivity index (χ2n) is 20.1. The minimum atomic E-state index is -1.78. The topological polar surface area (TPSA) is 228 Å². The van der Waals surface area contributed by atoms with Gasteiger partial charge in [0.05, 0.1) is 32.0 Å². The molecule has 0 bridgehead atoms. The zero-order valence-corrected chi connectivity index (χ0v) is 42.9. The SMILES string of the molecule is CCCCCCCCCCCC/C=C/[C@@H](O)[C@H](CO[C@@H]1O[C@H](CO)[C@@H](O[C@@H]2O[C@H](CO)[C@H](O)C(O)C2O)C(O)C1O)NC(=O)CCCCCCCCCCCCCCCCCCCCCCCC. The fraction of sp³-hybridized carbons (Fsp3) is 0.944. The molecule has 0 aromatic carbocycles. The molecule has 0 aromatic heterocycles. The van der Waals surface area contributed by atoms with Crippen LogP contribution in [0.1, 0.15) is 232 Å². The number of ether oxygens (including phenoxy) is 4. The van der Waals surface area contributed by atoms with Crippen LogP contribution in [-0.4, -0.2) is 140 Å². The number of unbranched alkanes of at least 4 members (excludes halogenated alkanes) is 31. The van der Waals surface area contributed by atoms with Crippen LogP contribution >= 0.6 is 0 Å². The summed E-state index contributed by atoms with van der Waals surface area (Å²) in [5, 5.41) is 86.8. The lowest BCUT2D eigenvalue weighted by Gasteiger charge is -2.46. The van der Waals surface area contributed by atoms with Gasteiger partial charge in [-0.2, -0.15) is 0 Å². The van der Waals surface area contributed by atoms with Gasteiger partial charge in [0.1, 0.15) is 48.8 Å². The number of nitrogens with one attached hydrogen (secondary N) is 1. The molecule has 0 spiro atoms. The normalized spacial score (nSPS) is 26.4. The third-order valence-electron chi connectivity index (χ3n) is 14.0. The van der Waals surface area contributed by atoms with Gasteiger partial charge >= 0.3 is 0 Å². The van der Waals surface area contributed by atoms with Crippen LogP contribution in [0.25, 0.3) is 0 Å². The summed E-state index contributed by atoms with van der Waals surface area (Å²) in [6.45, 7) is 2.80. The number of carbonyl (C=O) groups excluding carboxylic acids is 1. The van der Waals surface area contributed by atoms with E-state index in [9.17, 15) is 45.6 Å². The first kappa shape index (κ1) is 62.8. The second kappa shape index (κ2) is 41.2. The quantitative estimate of drug-likeness (QED) is 0.0207. The van der Waals surface area contributed by atoms with Crippen LogP contribution in [0.15, 0.2) is 12.2 Å². The molecule has 12 atom stereocenters. The summed E-state index contributed by atoms with van der Waals surface area (Å²) in [4.78, 5) is 13.2. The Morgan fingerprint density at radius 2 is 0.912 bits per heavy atom. The number of carbonyl (C=O) groups is 1. The van der Waals surface area contributed by atoms with E-state index in [0.717, 1.165) is 38.5 Å². The average Bonchev–Trinajstić information content (AvgIpc) is 3.34. The fourth-order valence-corrected chi connectivity index (χ4v) is 9.41. The molecular formula is C54H103NO13. The largest absolute Gasteiger partial charge is 0.394 e. The Bertz CT molecular complexity index is 1200. The van der Waals surface area contributed by atoms with Crippen LogP contribution in [0.3, 0.4) is 0 Å². The van der Waals surface area contributed by atoms with E-state index in [2.05, 4.69) is 19.2 Å². The number of amides is 1. The Hall–Kier alpha value is -1.27. The molecule has 0 saturated carbocycles. The van der Waals surface area contributed by atoms with Crippen LogP contribution in [-0.2, 0) is 23.7 Å². The third-order valence-corrected chi connectivity index (χ3v) is 14.0. The van der Waals surface area contributed by atoms with Gasteiger partial charge < -0.3 is 65.1 Å². The molecule has 2 rings (SSSR count). The van der Waals surface area contributed by atoms with Gasteiger partial charge in [-0.25, -0.2) is 0 Å². The summed E-state index contributed by atoms with van der Waals surface area (Å²) in [6.07, 6.45) is 28.3. The molecule has 14 nitrogen and oxygen atoms in total. The second-order valence-corrected chi connectivity index (χ2v) is 20.1. The van der Waals surface area contributed by atoms with Crippen molar-refractivity contribution in [3.8, 4) is 0 Å². The molecule has 14 heteroatoms. The molecule has 402 valence electrons. The van der Waals surface area contributed by atoms with Gasteiger partial charge in [0.15, 0.2) is 12.6 Å². The summed E-state index contributed by atoms with van der Waals surface area (Å²) in [6, 6.07) is -0.908. The summed E-state index contributed by atoms with van der Waals surface area (Å²) < 4.78 is 22.7. The first-order valence-corrected chi connectivity index (χ1v) is 27.9. The van der Waals surface area contributed by atoms with Crippen molar-refractivity contribution in [2.45, 2.75) is 306 Å². The standard InChI is InChI=1S/C54H103NO13/c1-3-5-7-9-11-13-15-17-18-19-20-21-22-23-24-25-26-28-30-32-34-36-38-46(59)55-42(43(58)37-35-33-31-29-27-16-14-12-10-8-6-4-2)41-65-53-51(64)49(62)52(45(40-57)67-53)68-54-50(63)48(61)47(60)44(39-56)66-54/h35,37,42-45,47-54,56-58,60-64H,3-34,36,38-41H2,1-2H3,(H,55,59)/b37-35+/t42-,43+,44+,45+,47-,48?,49?,50?,51?,52+,53+,54-/m0/s1. The lowest BCUT2D eigenvalue weighted by molar-refractivity contribution is -0.359. The first-order chi connectivity index (χ1) is 33.1. The minimum Gasteiger partial charge on any atom is -0.394 e. The van der Waals surface area contributed by atoms with E-state index in [0.29, 0.717) is 6.42 Å². The number of hydrogen-bond acceptors (Lipinski definition) is 13. The zero-order valence-electron chi connectivity index (χ0n) is 42.9. The van der Waals surface area contributed by atoms with E-state index >= 15 is 0 Å². The van der Waals surface area contributed by atoms with Gasteiger partial charge in [-0.05, 0) is 19.3 Å². The molecule has 2 heterocycles. The van der Waals surface area contributed by atoms with E-state index in [-0.39, 0.29) is 18.9 Å². The van der Waals surface area contributed by atoms with Crippen LogP contribution < -0.4 is 5.32 Å². The molecule has 2 fully saturated rings. The minimum absolute atomic E-state index is 0.236. The number of allylic oxidation sites excluding steroid dienone is 1. The summed E-state index contributed by atoms with van der Waals surface area (Å²) in [7, 11) is 0. The Kier molecular flexibility index (Phi) is 38.1. The maximum absolute atomic E-state index is 13.2. The van der Waals surface area contributed by atoms with E-state index in [1.807, 2.05) is 6.08 Å². The average molecular weight is 974 g/mol. The summed E-state index contributed by atoms with van der Waals surface area (Å²) >= 11 is 0. The summed E-state index contributed by atoms with van der Waals surface area (Å²) in [5.41, 5.74) is 0. The Morgan fingerprint density at radius 3 is 1.35 bits per heavy atom. The maximum atomic E-state index is 13.2. The van der Waals surface area contributed by atoms with Crippen molar-refractivity contribution in [1.82, 2.24) is 5.32 Å². The van der Waals surface area contributed by atoms with Crippen molar-refractivity contribution in [1.29, 1.82) is 0 Å². The molecule has 0 radical (unpaired) electrons. The van der Waals surface area contributed by atoms with Crippen molar-refractivity contribution in [2.24, 2.45) is 0 Å². The molecule has 1 amide bonds. The van der Waals surface area contributed by atoms with Gasteiger partial charge in [0.25, 0.3) is 0 Å². The molecule has 2 aliphatic heterocycles. The predicted molar refractivity (Wildman–Crippen MR) is 268 cm³/mol. The van der Waals surface area contributed by atoms with Crippen molar-refractivity contribution in [3.05, 3.63) is 12.2 Å². The van der Waals surface area contributed by atoms with Crippen LogP contribution in [0.4, 0.5) is 0 Å². The highest BCUT2D eigenvalue weighted by Gasteiger charge is 2.51. The molecule has 9 N–H and O–H groups in total. The molecule has 2 saturated heterocycles. The number of aliphatic hydroxyl groups is 8. The molecule has 4 unspecified atom stereocenters. The Balaban J connectivity index is 1.75. The van der Waals surface area contributed by atoms with E-state index in [1.165, 1.54) is 167 Å². The lowest BCUT2D eigenvalue weighted by atomic mass is 9.97. The van der Waals surface area contributed by atoms with Crippen LogP contribution in [0, 0.1) is 0 Å². The highest BCUT2D eigenvalue weighted by molar-refractivity contribution is 5.76. The van der Waals surface area contributed by atoms with Crippen molar-refractivity contribution in [3.63, 3.8) is 0 Å². The molecule has 2 aliphatic rings. The number of aliphatic hydroxyl groups excluding tert-OH is 8. The first-order valence-electron chi connectivity index (χ1n) is 27.9. The lowest BCUT2D eigenvalue weighted by Crippen LogP contribution is -2.65. The zero-order chi connectivity index (χ0) is 49.6. The van der Waals surface area contributed by atoms with Crippen LogP contribution in [0.2, 0.25) is 0 Å². The Labute approximate surface area is 412 Å². The predicted octanol–water partition coefficient (Wildman–Crippen LogP) is 8.33. The van der Waals surface area contributed by atoms with Crippen LogP contribution in [0.5, 0.6) is 0 Å². The third kappa shape index (κ3) is 27.5. The molecular weight excluding hydrogens is 871 g/mol. The van der Waals surface area contributed by atoms with Crippen molar-refractivity contribution < 1.29 is 64.6 Å². The molecule has 68 heavy (non-hydrogen) atoms. The van der Waals surface area contributed by atoms with Crippen molar-refractivity contribution in [2.75, 3.05) is 19.8 Å². The summed E-state index contributed by atoms with van der Waals surface area (Å²) in [5.74, 6) is -0.236. The van der Waals surface area contributed by atoms with Gasteiger partial charge in [0, 0.05) is 6.42 Å². The molecule has 0 aliphatic carbocycles. The highest BCUT2D eigenvalue weighted by atomic mass is 16.7. The van der Waals surface area contributed by atoms with Crippen molar-refractivity contribution >= 4 is 5.91 Å².